The maximum atomic E-state index is 13.5. The quantitative estimate of drug-likeness (QED) is 0.381. The minimum Gasteiger partial charge on any atom is -0.475 e. The molecule has 0 fully saturated rings. The number of nitrogens with one attached hydrogen (secondary N) is 1. The van der Waals surface area contributed by atoms with E-state index >= 15 is 0 Å². The van der Waals surface area contributed by atoms with E-state index in [1.165, 1.54) is 12.1 Å². The molecule has 0 aliphatic carbocycles. The number of hydrogen-bond donors (Lipinski definition) is 1. The number of nitriles is 1. The molecule has 1 unspecified atom stereocenters. The zero-order valence-corrected chi connectivity index (χ0v) is 25.8. The van der Waals surface area contributed by atoms with Gasteiger partial charge in [-0.05, 0) is 65.9 Å². The molecule has 1 aliphatic rings. The number of sulfonamides is 1. The van der Waals surface area contributed by atoms with E-state index in [2.05, 4.69) is 10.8 Å². The van der Waals surface area contributed by atoms with Crippen LogP contribution in [0.1, 0.15) is 61.5 Å². The average molecular weight is 560 g/mol. The second-order valence-electron chi connectivity index (χ2n) is 8.99. The third-order valence-electron chi connectivity index (χ3n) is 5.98. The van der Waals surface area contributed by atoms with E-state index in [-0.39, 0.29) is 69.0 Å². The summed E-state index contributed by atoms with van der Waals surface area (Å²) in [6, 6.07) is 18.3. The Balaban J connectivity index is 0.00000400. The van der Waals surface area contributed by atoms with Crippen molar-refractivity contribution in [2.75, 3.05) is 6.79 Å². The van der Waals surface area contributed by atoms with Crippen LogP contribution >= 0.6 is 0 Å². The third kappa shape index (κ3) is 6.97. The molecular formula is C28H28KN2O6S. The summed E-state index contributed by atoms with van der Waals surface area (Å²) in [5.41, 5.74) is 2.58. The molecule has 1 radical (unpaired) electrons. The number of rotatable bonds is 9. The van der Waals surface area contributed by atoms with E-state index in [1.54, 1.807) is 48.5 Å². The molecule has 1 heterocycles. The van der Waals surface area contributed by atoms with Gasteiger partial charge >= 0.3 is 0 Å². The van der Waals surface area contributed by atoms with E-state index in [0.29, 0.717) is 34.8 Å². The number of nitrogens with zero attached hydrogens (tertiary/aromatic N) is 1. The summed E-state index contributed by atoms with van der Waals surface area (Å²) in [6.45, 7) is 6.05. The molecule has 1 N–H and O–H groups in total. The minimum atomic E-state index is -4.17. The maximum Gasteiger partial charge on any atom is 0.279 e. The fourth-order valence-corrected chi connectivity index (χ4v) is 4.97. The number of carbonyl (C=O) groups excluding carboxylic acids is 1. The molecule has 38 heavy (non-hydrogen) atoms. The topological polar surface area (TPSA) is 115 Å². The van der Waals surface area contributed by atoms with Gasteiger partial charge < -0.3 is 14.2 Å². The summed E-state index contributed by atoms with van der Waals surface area (Å²) in [5, 5.41) is 9.29. The van der Waals surface area contributed by atoms with Gasteiger partial charge in [-0.3, -0.25) is 4.79 Å². The van der Waals surface area contributed by atoms with E-state index in [9.17, 15) is 18.5 Å². The van der Waals surface area contributed by atoms with Crippen LogP contribution in [0.4, 0.5) is 0 Å². The Morgan fingerprint density at radius 2 is 1.71 bits per heavy atom. The van der Waals surface area contributed by atoms with Gasteiger partial charge in [0, 0.05) is 56.9 Å². The second kappa shape index (κ2) is 13.1. The van der Waals surface area contributed by atoms with Gasteiger partial charge in [0.25, 0.3) is 15.9 Å². The van der Waals surface area contributed by atoms with Gasteiger partial charge in [-0.15, -0.1) is 0 Å². The van der Waals surface area contributed by atoms with Gasteiger partial charge in [0.05, 0.1) is 16.5 Å². The number of carbonyl (C=O) groups is 1. The Hall–Kier alpha value is -2.39. The van der Waals surface area contributed by atoms with Crippen LogP contribution < -0.4 is 18.9 Å². The Labute approximate surface area is 265 Å². The molecule has 1 amide bonds. The molecule has 0 aromatic heterocycles. The first kappa shape index (κ1) is 30.2. The van der Waals surface area contributed by atoms with Crippen molar-refractivity contribution in [1.29, 1.82) is 5.26 Å². The van der Waals surface area contributed by atoms with Crippen molar-refractivity contribution in [3.05, 3.63) is 82.9 Å². The number of hydrogen-bond acceptors (Lipinski definition) is 7. The summed E-state index contributed by atoms with van der Waals surface area (Å²) in [6.07, 6.45) is 0.0796. The molecule has 1 aliphatic heterocycles. The summed E-state index contributed by atoms with van der Waals surface area (Å²) in [5.74, 6) is 0.710. The first-order chi connectivity index (χ1) is 17.7. The average Bonchev–Trinajstić information content (AvgIpc) is 3.35. The minimum absolute atomic E-state index is 0. The molecule has 0 bridgehead atoms. The van der Waals surface area contributed by atoms with Crippen molar-refractivity contribution >= 4 is 67.3 Å². The molecular weight excluding hydrogens is 531 g/mol. The molecule has 0 saturated heterocycles. The van der Waals surface area contributed by atoms with Crippen LogP contribution in [0.3, 0.4) is 0 Å². The fourth-order valence-electron chi connectivity index (χ4n) is 3.98. The zero-order valence-electron chi connectivity index (χ0n) is 21.9. The second-order valence-corrected chi connectivity index (χ2v) is 10.7. The molecule has 193 valence electrons. The first-order valence-electron chi connectivity index (χ1n) is 12.0. The molecule has 3 aromatic rings. The van der Waals surface area contributed by atoms with Crippen LogP contribution in [0.25, 0.3) is 0 Å². The summed E-state index contributed by atoms with van der Waals surface area (Å²) in [7, 11) is -4.17. The van der Waals surface area contributed by atoms with Gasteiger partial charge in [0.2, 0.25) is 12.9 Å². The predicted octanol–water partition coefficient (Wildman–Crippen LogP) is 4.61. The zero-order chi connectivity index (χ0) is 26.6. The Morgan fingerprint density at radius 1 is 1.03 bits per heavy atom. The first-order valence-corrected chi connectivity index (χ1v) is 13.5. The molecule has 8 nitrogen and oxygen atoms in total. The van der Waals surface area contributed by atoms with Crippen LogP contribution in [-0.2, 0) is 21.2 Å². The van der Waals surface area contributed by atoms with Crippen LogP contribution in [-0.4, -0.2) is 72.5 Å². The summed E-state index contributed by atoms with van der Waals surface area (Å²) in [4.78, 5) is 13.4. The fraction of sp³-hybridized carbons (Fsp3) is 0.286. The van der Waals surface area contributed by atoms with Crippen molar-refractivity contribution in [3.63, 3.8) is 0 Å². The summed E-state index contributed by atoms with van der Waals surface area (Å²) >= 11 is 0. The van der Waals surface area contributed by atoms with Crippen LogP contribution in [0.5, 0.6) is 17.2 Å². The molecule has 3 aromatic carbocycles. The van der Waals surface area contributed by atoms with Crippen LogP contribution in [0, 0.1) is 11.3 Å². The number of aryl methyl sites for hydroxylation is 1. The van der Waals surface area contributed by atoms with Gasteiger partial charge in [0.15, 0.2) is 11.5 Å². The standard InChI is InChI=1S/C28H28N2O6S.K/c1-4-5-21-14-19(16-29)6-12-24(21)36-27(22-9-13-25-26(15-22)35-17-34-25)28(31)30-37(32,33)23-10-7-20(8-11-23)18(2)3;/h6-15,18,27H,4-5,17H2,1-3H3,(H,30,31);. The molecule has 0 saturated carbocycles. The largest absolute Gasteiger partial charge is 0.475 e. The number of amides is 1. The monoisotopic (exact) mass is 559 g/mol. The Kier molecular flexibility index (Phi) is 10.4. The van der Waals surface area contributed by atoms with Crippen molar-refractivity contribution < 1.29 is 27.4 Å². The van der Waals surface area contributed by atoms with Crippen molar-refractivity contribution in [1.82, 2.24) is 4.72 Å². The van der Waals surface area contributed by atoms with Crippen molar-refractivity contribution in [3.8, 4) is 23.3 Å². The smallest absolute Gasteiger partial charge is 0.279 e. The number of fused-ring (bicyclic) bond motifs is 1. The maximum absolute atomic E-state index is 13.5. The van der Waals surface area contributed by atoms with Crippen LogP contribution in [0.2, 0.25) is 0 Å². The number of benzene rings is 3. The van der Waals surface area contributed by atoms with E-state index in [0.717, 1.165) is 17.5 Å². The summed E-state index contributed by atoms with van der Waals surface area (Å²) < 4.78 is 45.3. The molecule has 4 rings (SSSR count). The number of ether oxygens (including phenoxy) is 3. The Bertz CT molecular complexity index is 1450. The van der Waals surface area contributed by atoms with Gasteiger partial charge in [0.1, 0.15) is 5.75 Å². The van der Waals surface area contributed by atoms with Gasteiger partial charge in [-0.2, -0.15) is 5.26 Å². The van der Waals surface area contributed by atoms with E-state index in [1.807, 2.05) is 20.8 Å². The predicted molar refractivity (Wildman–Crippen MR) is 143 cm³/mol. The van der Waals surface area contributed by atoms with E-state index in [4.69, 9.17) is 14.2 Å². The third-order valence-corrected chi connectivity index (χ3v) is 7.35. The van der Waals surface area contributed by atoms with Crippen LogP contribution in [0.15, 0.2) is 65.6 Å². The molecule has 0 spiro atoms. The Morgan fingerprint density at radius 3 is 2.37 bits per heavy atom. The van der Waals surface area contributed by atoms with E-state index < -0.39 is 22.0 Å². The normalized spacial score (nSPS) is 12.8. The van der Waals surface area contributed by atoms with Gasteiger partial charge in [-0.1, -0.05) is 45.4 Å². The molecule has 1 atom stereocenters. The molecule has 10 heteroatoms. The SMILES string of the molecule is CCCc1cc(C#N)ccc1OC(C(=O)NS(=O)(=O)c1ccc(C(C)C)cc1)c1ccc2c(c1)OCO2.[K]. The van der Waals surface area contributed by atoms with Crippen molar-refractivity contribution in [2.24, 2.45) is 0 Å². The van der Waals surface area contributed by atoms with Crippen molar-refractivity contribution in [2.45, 2.75) is 50.5 Å². The van der Waals surface area contributed by atoms with Gasteiger partial charge in [-0.25, -0.2) is 13.1 Å².